The predicted molar refractivity (Wildman–Crippen MR) is 111 cm³/mol. The molecule has 0 amide bonds. The van der Waals surface area contributed by atoms with Crippen molar-refractivity contribution in [3.63, 3.8) is 0 Å². The maximum absolute atomic E-state index is 12.5. The monoisotopic (exact) mass is 376 g/mol. The minimum atomic E-state index is -0.136. The van der Waals surface area contributed by atoms with E-state index in [0.717, 1.165) is 22.5 Å². The summed E-state index contributed by atoms with van der Waals surface area (Å²) < 4.78 is 1.79. The number of carbonyl (C=O) groups is 1. The molecule has 138 valence electrons. The Kier molecular flexibility index (Phi) is 5.08. The van der Waals surface area contributed by atoms with Crippen molar-refractivity contribution in [1.29, 1.82) is 5.26 Å². The number of allylic oxidation sites excluding steroid dienone is 1. The molecular weight excluding hydrogens is 360 g/mol. The first kappa shape index (κ1) is 18.1. The Morgan fingerprint density at radius 2 is 1.69 bits per heavy atom. The Hall–Kier alpha value is -4.30. The van der Waals surface area contributed by atoms with Gasteiger partial charge in [-0.3, -0.25) is 9.78 Å². The van der Waals surface area contributed by atoms with Crippen LogP contribution < -0.4 is 0 Å². The Balaban J connectivity index is 1.70. The second-order valence-electron chi connectivity index (χ2n) is 6.34. The zero-order valence-electron chi connectivity index (χ0n) is 15.4. The quantitative estimate of drug-likeness (QED) is 0.374. The lowest BCUT2D eigenvalue weighted by molar-refractivity contribution is 0.104. The molecule has 0 aliphatic heterocycles. The first-order valence-electron chi connectivity index (χ1n) is 9.02. The number of ketones is 1. The maximum atomic E-state index is 12.5. The van der Waals surface area contributed by atoms with E-state index in [4.69, 9.17) is 10.4 Å². The van der Waals surface area contributed by atoms with Crippen LogP contribution in [0.15, 0.2) is 91.4 Å². The van der Waals surface area contributed by atoms with Crippen molar-refractivity contribution in [3.05, 3.63) is 108 Å². The first-order chi connectivity index (χ1) is 14.2. The number of aromatic nitrogens is 3. The largest absolute Gasteiger partial charge is 0.289 e. The van der Waals surface area contributed by atoms with Crippen LogP contribution >= 0.6 is 0 Å². The topological polar surface area (TPSA) is 71.6 Å². The molecule has 0 aliphatic carbocycles. The van der Waals surface area contributed by atoms with Gasteiger partial charge in [-0.15, -0.1) is 0 Å². The van der Waals surface area contributed by atoms with Gasteiger partial charge in [-0.25, -0.2) is 4.68 Å². The van der Waals surface area contributed by atoms with Gasteiger partial charge < -0.3 is 0 Å². The number of rotatable bonds is 5. The van der Waals surface area contributed by atoms with Crippen molar-refractivity contribution >= 4 is 11.9 Å². The van der Waals surface area contributed by atoms with Crippen molar-refractivity contribution in [2.24, 2.45) is 0 Å². The van der Waals surface area contributed by atoms with Crippen LogP contribution in [0.1, 0.15) is 21.5 Å². The fraction of sp³-hybridized carbons (Fsp3) is 0. The number of nitriles is 1. The Labute approximate surface area is 168 Å². The third-order valence-corrected chi connectivity index (χ3v) is 4.43. The van der Waals surface area contributed by atoms with Gasteiger partial charge in [-0.1, -0.05) is 18.2 Å². The highest BCUT2D eigenvalue weighted by Crippen LogP contribution is 2.24. The van der Waals surface area contributed by atoms with Gasteiger partial charge in [0.1, 0.15) is 5.69 Å². The summed E-state index contributed by atoms with van der Waals surface area (Å²) in [5.74, 6) is -0.136. The standard InChI is InChI=1S/C24H16N4O/c25-16-18-6-8-19(9-7-18)23(29)11-10-21-17-28(22-4-2-1-3-5-22)27-24(21)20-12-14-26-15-13-20/h1-15,17H/b11-10+. The van der Waals surface area contributed by atoms with Crippen LogP contribution in [-0.2, 0) is 0 Å². The molecule has 5 heteroatoms. The van der Waals surface area contributed by atoms with Crippen molar-refractivity contribution in [2.45, 2.75) is 0 Å². The van der Waals surface area contributed by atoms with E-state index in [1.54, 1.807) is 47.4 Å². The van der Waals surface area contributed by atoms with Crippen LogP contribution in [0.4, 0.5) is 0 Å². The SMILES string of the molecule is N#Cc1ccc(C(=O)/C=C/c2cn(-c3ccccc3)nc2-c2ccncc2)cc1. The molecule has 4 rings (SSSR count). The van der Waals surface area contributed by atoms with Crippen LogP contribution in [-0.4, -0.2) is 20.5 Å². The normalized spacial score (nSPS) is 10.7. The van der Waals surface area contributed by atoms with Gasteiger partial charge in [0.25, 0.3) is 0 Å². The lowest BCUT2D eigenvalue weighted by Crippen LogP contribution is -1.93. The predicted octanol–water partition coefficient (Wildman–Crippen LogP) is 4.70. The highest BCUT2D eigenvalue weighted by Gasteiger charge is 2.11. The van der Waals surface area contributed by atoms with E-state index in [0.29, 0.717) is 11.1 Å². The Bertz CT molecular complexity index is 1200. The van der Waals surface area contributed by atoms with Gasteiger partial charge in [-0.2, -0.15) is 10.4 Å². The number of para-hydroxylation sites is 1. The summed E-state index contributed by atoms with van der Waals surface area (Å²) >= 11 is 0. The van der Waals surface area contributed by atoms with E-state index in [1.807, 2.05) is 54.7 Å². The second kappa shape index (κ2) is 8.15. The van der Waals surface area contributed by atoms with E-state index in [-0.39, 0.29) is 5.78 Å². The second-order valence-corrected chi connectivity index (χ2v) is 6.34. The van der Waals surface area contributed by atoms with Gasteiger partial charge >= 0.3 is 0 Å². The van der Waals surface area contributed by atoms with Gasteiger partial charge in [0.15, 0.2) is 5.78 Å². The van der Waals surface area contributed by atoms with E-state index in [9.17, 15) is 4.79 Å². The van der Waals surface area contributed by atoms with Crippen LogP contribution in [0.5, 0.6) is 0 Å². The van der Waals surface area contributed by atoms with Crippen molar-refractivity contribution in [2.75, 3.05) is 0 Å². The van der Waals surface area contributed by atoms with Crippen molar-refractivity contribution in [1.82, 2.24) is 14.8 Å². The first-order valence-corrected chi connectivity index (χ1v) is 9.02. The highest BCUT2D eigenvalue weighted by atomic mass is 16.1. The molecule has 0 spiro atoms. The number of hydrogen-bond donors (Lipinski definition) is 0. The van der Waals surface area contributed by atoms with Crippen LogP contribution in [0.3, 0.4) is 0 Å². The number of benzene rings is 2. The summed E-state index contributed by atoms with van der Waals surface area (Å²) in [5.41, 5.74) is 4.49. The molecule has 2 aromatic carbocycles. The molecule has 4 aromatic rings. The zero-order valence-corrected chi connectivity index (χ0v) is 15.4. The third-order valence-electron chi connectivity index (χ3n) is 4.43. The molecule has 2 heterocycles. The Morgan fingerprint density at radius 3 is 2.38 bits per heavy atom. The third kappa shape index (κ3) is 4.02. The summed E-state index contributed by atoms with van der Waals surface area (Å²) in [5, 5.41) is 13.6. The maximum Gasteiger partial charge on any atom is 0.185 e. The van der Waals surface area contributed by atoms with Gasteiger partial charge in [0.2, 0.25) is 0 Å². The summed E-state index contributed by atoms with van der Waals surface area (Å²) in [6, 6.07) is 22.2. The van der Waals surface area contributed by atoms with Crippen molar-refractivity contribution in [3.8, 4) is 23.0 Å². The fourth-order valence-corrected chi connectivity index (χ4v) is 2.93. The molecule has 29 heavy (non-hydrogen) atoms. The van der Waals surface area contributed by atoms with Crippen molar-refractivity contribution < 1.29 is 4.79 Å². The molecular formula is C24H16N4O. The number of hydrogen-bond acceptors (Lipinski definition) is 4. The van der Waals surface area contributed by atoms with E-state index in [1.165, 1.54) is 6.08 Å². The fourth-order valence-electron chi connectivity index (χ4n) is 2.93. The lowest BCUT2D eigenvalue weighted by atomic mass is 10.1. The van der Waals surface area contributed by atoms with Crippen LogP contribution in [0.2, 0.25) is 0 Å². The summed E-state index contributed by atoms with van der Waals surface area (Å²) in [4.78, 5) is 16.6. The molecule has 0 N–H and O–H groups in total. The molecule has 5 nitrogen and oxygen atoms in total. The number of pyridine rings is 1. The van der Waals surface area contributed by atoms with Gasteiger partial charge in [0.05, 0.1) is 17.3 Å². The summed E-state index contributed by atoms with van der Waals surface area (Å²) in [6.07, 6.45) is 8.62. The molecule has 0 atom stereocenters. The molecule has 0 bridgehead atoms. The number of carbonyl (C=O) groups excluding carboxylic acids is 1. The van der Waals surface area contributed by atoms with E-state index < -0.39 is 0 Å². The van der Waals surface area contributed by atoms with Crippen LogP contribution in [0, 0.1) is 11.3 Å². The van der Waals surface area contributed by atoms with E-state index >= 15 is 0 Å². The zero-order chi connectivity index (χ0) is 20.1. The minimum absolute atomic E-state index is 0.136. The summed E-state index contributed by atoms with van der Waals surface area (Å²) in [6.45, 7) is 0. The molecule has 0 aliphatic rings. The average molecular weight is 376 g/mol. The molecule has 0 unspecified atom stereocenters. The molecule has 0 radical (unpaired) electrons. The molecule has 2 aromatic heterocycles. The van der Waals surface area contributed by atoms with Gasteiger partial charge in [-0.05, 0) is 60.7 Å². The average Bonchev–Trinajstić information content (AvgIpc) is 3.23. The number of nitrogens with zero attached hydrogens (tertiary/aromatic N) is 4. The van der Waals surface area contributed by atoms with Crippen LogP contribution in [0.25, 0.3) is 23.0 Å². The highest BCUT2D eigenvalue weighted by molar-refractivity contribution is 6.07. The van der Waals surface area contributed by atoms with Gasteiger partial charge in [0, 0.05) is 35.3 Å². The molecule has 0 saturated heterocycles. The Morgan fingerprint density at radius 1 is 0.966 bits per heavy atom. The smallest absolute Gasteiger partial charge is 0.185 e. The molecule has 0 fully saturated rings. The summed E-state index contributed by atoms with van der Waals surface area (Å²) in [7, 11) is 0. The minimum Gasteiger partial charge on any atom is -0.289 e. The molecule has 0 saturated carbocycles. The van der Waals surface area contributed by atoms with E-state index in [2.05, 4.69) is 4.98 Å². The lowest BCUT2D eigenvalue weighted by Gasteiger charge is -2.00.